The molecule has 0 atom stereocenters. The normalized spacial score (nSPS) is 14.8. The number of nitrogens with two attached hydrogens (primary N) is 1. The average molecular weight is 399 g/mol. The van der Waals surface area contributed by atoms with Gasteiger partial charge in [-0.15, -0.1) is 0 Å². The molecular formula is C19H21N5O3S. The van der Waals surface area contributed by atoms with E-state index in [0.29, 0.717) is 30.8 Å². The van der Waals surface area contributed by atoms with Crippen LogP contribution in [0.15, 0.2) is 55.0 Å². The summed E-state index contributed by atoms with van der Waals surface area (Å²) in [4.78, 5) is 3.88. The van der Waals surface area contributed by atoms with Crippen molar-refractivity contribution in [3.63, 3.8) is 0 Å². The Balaban J connectivity index is 1.41. The zero-order chi connectivity index (χ0) is 20.0. The van der Waals surface area contributed by atoms with E-state index in [-0.39, 0.29) is 5.82 Å². The lowest BCUT2D eigenvalue weighted by Gasteiger charge is -2.21. The summed E-state index contributed by atoms with van der Waals surface area (Å²) in [5.74, 6) is 0.984. The molecule has 0 radical (unpaired) electrons. The Bertz CT molecular complexity index is 983. The Morgan fingerprint density at radius 2 is 1.89 bits per heavy atom. The Kier molecular flexibility index (Phi) is 6.01. The summed E-state index contributed by atoms with van der Waals surface area (Å²) in [6, 6.07) is 12.1. The second-order valence-electron chi connectivity index (χ2n) is 6.20. The highest BCUT2D eigenvalue weighted by atomic mass is 32.2. The van der Waals surface area contributed by atoms with Gasteiger partial charge in [0, 0.05) is 31.2 Å². The fraction of sp³-hybridized carbons (Fsp3) is 0.263. The number of anilines is 2. The van der Waals surface area contributed by atoms with Gasteiger partial charge in [0.05, 0.1) is 23.9 Å². The van der Waals surface area contributed by atoms with Gasteiger partial charge in [0.1, 0.15) is 11.6 Å². The number of pyridine rings is 1. The highest BCUT2D eigenvalue weighted by molar-refractivity contribution is 7.91. The molecule has 0 bridgehead atoms. The van der Waals surface area contributed by atoms with Gasteiger partial charge < -0.3 is 10.5 Å². The van der Waals surface area contributed by atoms with Crippen molar-refractivity contribution in [2.24, 2.45) is 0 Å². The fourth-order valence-corrected chi connectivity index (χ4v) is 4.13. The maximum absolute atomic E-state index is 12.6. The number of nitrogen functional groups attached to an aromatic ring is 1. The summed E-state index contributed by atoms with van der Waals surface area (Å²) in [5, 5.41) is 8.77. The molecule has 0 amide bonds. The molecule has 2 aromatic rings. The lowest BCUT2D eigenvalue weighted by atomic mass is 10.2. The second kappa shape index (κ2) is 8.63. The molecule has 28 heavy (non-hydrogen) atoms. The smallest absolute Gasteiger partial charge is 0.329 e. The summed E-state index contributed by atoms with van der Waals surface area (Å²) in [6.07, 6.45) is 6.90. The molecule has 0 fully saturated rings. The van der Waals surface area contributed by atoms with Crippen LogP contribution >= 0.6 is 0 Å². The van der Waals surface area contributed by atoms with Gasteiger partial charge in [-0.1, -0.05) is 0 Å². The van der Waals surface area contributed by atoms with E-state index in [1.54, 1.807) is 36.5 Å². The van der Waals surface area contributed by atoms with Crippen LogP contribution in [-0.2, 0) is 10.2 Å². The molecule has 1 aromatic heterocycles. The van der Waals surface area contributed by atoms with Crippen LogP contribution in [-0.4, -0.2) is 30.9 Å². The number of nitrogens with zero attached hydrogens (tertiary/aromatic N) is 4. The van der Waals surface area contributed by atoms with E-state index in [1.165, 1.54) is 27.1 Å². The Hall–Kier alpha value is -3.25. The van der Waals surface area contributed by atoms with Crippen molar-refractivity contribution in [2.75, 3.05) is 23.2 Å². The van der Waals surface area contributed by atoms with Gasteiger partial charge in [-0.25, -0.2) is 9.29 Å². The molecule has 0 aliphatic carbocycles. The first kappa shape index (κ1) is 19.5. The Morgan fingerprint density at radius 3 is 2.61 bits per heavy atom. The third-order valence-electron chi connectivity index (χ3n) is 4.21. The third kappa shape index (κ3) is 4.53. The van der Waals surface area contributed by atoms with Crippen LogP contribution in [0.3, 0.4) is 0 Å². The van der Waals surface area contributed by atoms with Crippen LogP contribution in [0, 0.1) is 11.3 Å². The molecule has 2 N–H and O–H groups in total. The first-order valence-corrected chi connectivity index (χ1v) is 10.2. The van der Waals surface area contributed by atoms with Crippen LogP contribution < -0.4 is 14.8 Å². The first-order valence-electron chi connectivity index (χ1n) is 8.85. The number of ether oxygens (including phenoxy) is 1. The highest BCUT2D eigenvalue weighted by Crippen LogP contribution is 2.27. The van der Waals surface area contributed by atoms with Gasteiger partial charge in [0.2, 0.25) is 0 Å². The van der Waals surface area contributed by atoms with Gasteiger partial charge in [0.15, 0.2) is 0 Å². The summed E-state index contributed by atoms with van der Waals surface area (Å²) >= 11 is 0. The SMILES string of the molecule is N#Cc1ccc(OCCCCCN2C=CN(c3ccnc(N)c3)S2(=O)=O)cc1. The minimum absolute atomic E-state index is 0.266. The van der Waals surface area contributed by atoms with Crippen molar-refractivity contribution >= 4 is 21.7 Å². The van der Waals surface area contributed by atoms with E-state index in [1.807, 2.05) is 0 Å². The molecule has 9 heteroatoms. The number of rotatable bonds is 8. The van der Waals surface area contributed by atoms with Crippen molar-refractivity contribution < 1.29 is 13.2 Å². The third-order valence-corrected chi connectivity index (χ3v) is 5.93. The van der Waals surface area contributed by atoms with Crippen molar-refractivity contribution in [3.8, 4) is 11.8 Å². The maximum atomic E-state index is 12.6. The van der Waals surface area contributed by atoms with Gasteiger partial charge in [0.25, 0.3) is 0 Å². The molecule has 1 aromatic carbocycles. The fourth-order valence-electron chi connectivity index (χ4n) is 2.75. The van der Waals surface area contributed by atoms with Gasteiger partial charge in [-0.05, 0) is 49.6 Å². The number of aromatic nitrogens is 1. The summed E-state index contributed by atoms with van der Waals surface area (Å²) < 4.78 is 33.4. The van der Waals surface area contributed by atoms with Crippen LogP contribution in [0.1, 0.15) is 24.8 Å². The maximum Gasteiger partial charge on any atom is 0.329 e. The molecule has 146 valence electrons. The number of hydrogen-bond acceptors (Lipinski definition) is 6. The van der Waals surface area contributed by atoms with Gasteiger partial charge in [-0.3, -0.25) is 4.31 Å². The average Bonchev–Trinajstić information content (AvgIpc) is 2.99. The minimum atomic E-state index is -3.63. The van der Waals surface area contributed by atoms with E-state index in [4.69, 9.17) is 15.7 Å². The van der Waals surface area contributed by atoms with Crippen molar-refractivity contribution in [1.29, 1.82) is 5.26 Å². The standard InChI is InChI=1S/C19H21N5O3S/c20-15-16-4-6-18(7-5-16)27-13-3-1-2-10-23-11-12-24(28(23,25)26)17-8-9-22-19(21)14-17/h4-9,11-12,14H,1-3,10,13H2,(H2,21,22). The summed E-state index contributed by atoms with van der Waals surface area (Å²) in [6.45, 7) is 0.934. The Labute approximate surface area is 164 Å². The van der Waals surface area contributed by atoms with Crippen molar-refractivity contribution in [2.45, 2.75) is 19.3 Å². The van der Waals surface area contributed by atoms with E-state index >= 15 is 0 Å². The topological polar surface area (TPSA) is 113 Å². The molecule has 0 saturated heterocycles. The molecule has 2 heterocycles. The lowest BCUT2D eigenvalue weighted by Crippen LogP contribution is -2.33. The second-order valence-corrected chi connectivity index (χ2v) is 7.95. The zero-order valence-electron chi connectivity index (χ0n) is 15.2. The quantitative estimate of drug-likeness (QED) is 0.683. The molecular weight excluding hydrogens is 378 g/mol. The van der Waals surface area contributed by atoms with Gasteiger partial charge in [-0.2, -0.15) is 13.7 Å². The molecule has 0 saturated carbocycles. The number of benzene rings is 1. The van der Waals surface area contributed by atoms with E-state index in [9.17, 15) is 8.42 Å². The summed E-state index contributed by atoms with van der Waals surface area (Å²) in [5.41, 5.74) is 6.69. The molecule has 3 rings (SSSR count). The van der Waals surface area contributed by atoms with Crippen LogP contribution in [0.4, 0.5) is 11.5 Å². The molecule has 1 aliphatic heterocycles. The van der Waals surface area contributed by atoms with Crippen LogP contribution in [0.2, 0.25) is 0 Å². The highest BCUT2D eigenvalue weighted by Gasteiger charge is 2.31. The van der Waals surface area contributed by atoms with Crippen molar-refractivity contribution in [1.82, 2.24) is 9.29 Å². The lowest BCUT2D eigenvalue weighted by molar-refractivity contribution is 0.303. The van der Waals surface area contributed by atoms with Gasteiger partial charge >= 0.3 is 10.2 Å². The number of unbranched alkanes of at least 4 members (excludes halogenated alkanes) is 2. The van der Waals surface area contributed by atoms with Crippen LogP contribution in [0.25, 0.3) is 0 Å². The van der Waals surface area contributed by atoms with E-state index in [2.05, 4.69) is 11.1 Å². The Morgan fingerprint density at radius 1 is 1.11 bits per heavy atom. The van der Waals surface area contributed by atoms with Crippen molar-refractivity contribution in [3.05, 3.63) is 60.6 Å². The van der Waals surface area contributed by atoms with E-state index in [0.717, 1.165) is 18.6 Å². The predicted octanol–water partition coefficient (Wildman–Crippen LogP) is 2.62. The van der Waals surface area contributed by atoms with E-state index < -0.39 is 10.2 Å². The zero-order valence-corrected chi connectivity index (χ0v) is 16.0. The first-order chi connectivity index (χ1) is 13.5. The number of hydrogen-bond donors (Lipinski definition) is 1. The molecule has 1 aliphatic rings. The predicted molar refractivity (Wildman–Crippen MR) is 106 cm³/mol. The minimum Gasteiger partial charge on any atom is -0.494 e. The number of nitriles is 1. The molecule has 0 unspecified atom stereocenters. The largest absolute Gasteiger partial charge is 0.494 e. The molecule has 8 nitrogen and oxygen atoms in total. The molecule has 0 spiro atoms. The monoisotopic (exact) mass is 399 g/mol. The summed E-state index contributed by atoms with van der Waals surface area (Å²) in [7, 11) is -3.63. The van der Waals surface area contributed by atoms with Crippen LogP contribution in [0.5, 0.6) is 5.75 Å².